The molecule has 16 heavy (non-hydrogen) atoms. The summed E-state index contributed by atoms with van der Waals surface area (Å²) in [4.78, 5) is 15.3. The largest absolute Gasteiger partial charge is 0.465 e. The van der Waals surface area contributed by atoms with Gasteiger partial charge in [-0.15, -0.1) is 0 Å². The summed E-state index contributed by atoms with van der Waals surface area (Å²) in [5, 5.41) is 0. The second-order valence-electron chi connectivity index (χ2n) is 2.85. The Morgan fingerprint density at radius 3 is 2.75 bits per heavy atom. The van der Waals surface area contributed by atoms with Gasteiger partial charge in [0.1, 0.15) is 3.70 Å². The van der Waals surface area contributed by atoms with Crippen LogP contribution in [0, 0.1) is 3.70 Å². The molecule has 0 amide bonds. The number of nitrogens with two attached hydrogens (primary N) is 1. The van der Waals surface area contributed by atoms with Gasteiger partial charge in [-0.25, -0.2) is 18.6 Å². The van der Waals surface area contributed by atoms with Crippen molar-refractivity contribution in [2.75, 3.05) is 7.11 Å². The smallest absolute Gasteiger partial charge is 0.340 e. The van der Waals surface area contributed by atoms with Gasteiger partial charge >= 0.3 is 5.97 Å². The van der Waals surface area contributed by atoms with Crippen molar-refractivity contribution < 1.29 is 18.3 Å². The van der Waals surface area contributed by atoms with Crippen LogP contribution in [0.15, 0.2) is 6.07 Å². The number of rotatable bonds is 3. The van der Waals surface area contributed by atoms with Gasteiger partial charge in [-0.05, 0) is 28.7 Å². The molecule has 0 aliphatic carbocycles. The van der Waals surface area contributed by atoms with Crippen LogP contribution in [0.3, 0.4) is 0 Å². The summed E-state index contributed by atoms with van der Waals surface area (Å²) in [6, 6.07) is 1.15. The molecule has 0 aromatic carbocycles. The second kappa shape index (κ2) is 5.48. The van der Waals surface area contributed by atoms with Crippen LogP contribution in [0.25, 0.3) is 0 Å². The summed E-state index contributed by atoms with van der Waals surface area (Å²) in [7, 11) is 1.12. The molecule has 0 spiro atoms. The Morgan fingerprint density at radius 1 is 1.69 bits per heavy atom. The Morgan fingerprint density at radius 2 is 2.31 bits per heavy atom. The zero-order valence-electron chi connectivity index (χ0n) is 8.34. The summed E-state index contributed by atoms with van der Waals surface area (Å²) >= 11 is 1.79. The Labute approximate surface area is 104 Å². The second-order valence-corrected chi connectivity index (χ2v) is 3.96. The van der Waals surface area contributed by atoms with Gasteiger partial charge in [0.25, 0.3) is 6.43 Å². The number of ether oxygens (including phenoxy) is 1. The van der Waals surface area contributed by atoms with Crippen LogP contribution >= 0.6 is 22.6 Å². The number of hydrogen-bond acceptors (Lipinski definition) is 4. The lowest BCUT2D eigenvalue weighted by Crippen LogP contribution is -2.15. The average molecular weight is 342 g/mol. The van der Waals surface area contributed by atoms with Crippen molar-refractivity contribution in [1.82, 2.24) is 4.98 Å². The molecule has 0 bridgehead atoms. The van der Waals surface area contributed by atoms with E-state index in [0.29, 0.717) is 3.70 Å². The lowest BCUT2D eigenvalue weighted by molar-refractivity contribution is 0.0587. The van der Waals surface area contributed by atoms with Crippen molar-refractivity contribution in [1.29, 1.82) is 0 Å². The van der Waals surface area contributed by atoms with E-state index in [1.807, 2.05) is 0 Å². The Hall–Kier alpha value is -0.830. The lowest BCUT2D eigenvalue weighted by atomic mass is 10.1. The number of alkyl halides is 2. The Kier molecular flexibility index (Phi) is 4.54. The quantitative estimate of drug-likeness (QED) is 0.518. The predicted octanol–water partition coefficient (Wildman–Crippen LogP) is 1.87. The molecule has 0 atom stereocenters. The molecule has 1 rings (SSSR count). The van der Waals surface area contributed by atoms with Crippen molar-refractivity contribution in [2.45, 2.75) is 13.0 Å². The van der Waals surface area contributed by atoms with Gasteiger partial charge in [-0.3, -0.25) is 0 Å². The van der Waals surface area contributed by atoms with Crippen LogP contribution in [0.4, 0.5) is 8.78 Å². The van der Waals surface area contributed by atoms with E-state index in [9.17, 15) is 13.6 Å². The van der Waals surface area contributed by atoms with Gasteiger partial charge in [-0.2, -0.15) is 0 Å². The number of halogens is 3. The molecule has 88 valence electrons. The molecule has 0 fully saturated rings. The topological polar surface area (TPSA) is 65.2 Å². The highest BCUT2D eigenvalue weighted by Crippen LogP contribution is 2.26. The molecule has 4 nitrogen and oxygen atoms in total. The summed E-state index contributed by atoms with van der Waals surface area (Å²) < 4.78 is 30.3. The maximum Gasteiger partial charge on any atom is 0.340 e. The van der Waals surface area contributed by atoms with Crippen LogP contribution in [0.2, 0.25) is 0 Å². The number of carbonyl (C=O) groups excluding carboxylic acids is 1. The molecule has 0 aliphatic rings. The highest BCUT2D eigenvalue weighted by molar-refractivity contribution is 14.1. The first-order chi connectivity index (χ1) is 7.51. The highest BCUT2D eigenvalue weighted by atomic mass is 127. The third-order valence-electron chi connectivity index (χ3n) is 1.91. The molecule has 0 unspecified atom stereocenters. The Balaban J connectivity index is 3.45. The minimum atomic E-state index is -2.77. The minimum Gasteiger partial charge on any atom is -0.465 e. The fourth-order valence-electron chi connectivity index (χ4n) is 1.24. The summed E-state index contributed by atoms with van der Waals surface area (Å²) in [5.41, 5.74) is 4.85. The van der Waals surface area contributed by atoms with E-state index in [0.717, 1.165) is 13.2 Å². The van der Waals surface area contributed by atoms with E-state index in [1.165, 1.54) is 0 Å². The number of nitrogens with zero attached hydrogens (tertiary/aromatic N) is 1. The fraction of sp³-hybridized carbons (Fsp3) is 0.333. The van der Waals surface area contributed by atoms with E-state index >= 15 is 0 Å². The van der Waals surface area contributed by atoms with Gasteiger partial charge in [-0.1, -0.05) is 0 Å². The summed E-state index contributed by atoms with van der Waals surface area (Å²) in [6.45, 7) is -0.0962. The molecule has 0 radical (unpaired) electrons. The minimum absolute atomic E-state index is 0.0962. The van der Waals surface area contributed by atoms with Crippen LogP contribution in [0.1, 0.15) is 28.0 Å². The van der Waals surface area contributed by atoms with Gasteiger partial charge in [0.15, 0.2) is 0 Å². The molecular weight excluding hydrogens is 333 g/mol. The number of hydrogen-bond donors (Lipinski definition) is 1. The van der Waals surface area contributed by atoms with E-state index in [-0.39, 0.29) is 17.8 Å². The number of methoxy groups -OCH3 is 1. The van der Waals surface area contributed by atoms with Crippen LogP contribution in [-0.4, -0.2) is 18.1 Å². The summed E-state index contributed by atoms with van der Waals surface area (Å²) in [5.74, 6) is -0.848. The maximum absolute atomic E-state index is 12.7. The van der Waals surface area contributed by atoms with E-state index in [2.05, 4.69) is 9.72 Å². The fourth-order valence-corrected chi connectivity index (χ4v) is 1.87. The zero-order chi connectivity index (χ0) is 12.3. The number of esters is 1. The zero-order valence-corrected chi connectivity index (χ0v) is 10.5. The van der Waals surface area contributed by atoms with Crippen molar-refractivity contribution in [2.24, 2.45) is 5.73 Å². The Bertz CT molecular complexity index is 413. The average Bonchev–Trinajstić information content (AvgIpc) is 2.26. The van der Waals surface area contributed by atoms with Crippen LogP contribution in [-0.2, 0) is 11.3 Å². The number of aromatic nitrogens is 1. The molecule has 0 saturated heterocycles. The van der Waals surface area contributed by atoms with Gasteiger partial charge in [0.2, 0.25) is 0 Å². The molecule has 0 saturated carbocycles. The van der Waals surface area contributed by atoms with Crippen LogP contribution < -0.4 is 5.73 Å². The maximum atomic E-state index is 12.7. The van der Waals surface area contributed by atoms with E-state index in [4.69, 9.17) is 5.73 Å². The highest BCUT2D eigenvalue weighted by Gasteiger charge is 2.24. The normalized spacial score (nSPS) is 10.6. The number of carbonyl (C=O) groups is 1. The standard InChI is InChI=1S/C9H9F2IN2O2/c1-16-9(15)7-4(8(10)11)2-6(12)14-5(7)3-13/h2,8H,3,13H2,1H3. The molecule has 0 aliphatic heterocycles. The van der Waals surface area contributed by atoms with Gasteiger partial charge in [0.05, 0.1) is 18.4 Å². The van der Waals surface area contributed by atoms with Crippen molar-refractivity contribution >= 4 is 28.6 Å². The first kappa shape index (κ1) is 13.2. The molecular formula is C9H9F2IN2O2. The predicted molar refractivity (Wildman–Crippen MR) is 61.1 cm³/mol. The number of pyridine rings is 1. The molecule has 7 heteroatoms. The monoisotopic (exact) mass is 342 g/mol. The SMILES string of the molecule is COC(=O)c1c(C(F)F)cc(I)nc1CN. The third-order valence-corrected chi connectivity index (χ3v) is 2.46. The van der Waals surface area contributed by atoms with E-state index in [1.54, 1.807) is 22.6 Å². The molecule has 1 heterocycles. The van der Waals surface area contributed by atoms with Crippen molar-refractivity contribution in [3.63, 3.8) is 0 Å². The van der Waals surface area contributed by atoms with Crippen molar-refractivity contribution in [3.8, 4) is 0 Å². The van der Waals surface area contributed by atoms with E-state index < -0.39 is 18.0 Å². The van der Waals surface area contributed by atoms with Gasteiger partial charge < -0.3 is 10.5 Å². The molecule has 1 aromatic heterocycles. The first-order valence-electron chi connectivity index (χ1n) is 4.27. The molecule has 2 N–H and O–H groups in total. The summed E-state index contributed by atoms with van der Waals surface area (Å²) in [6.07, 6.45) is -2.77. The van der Waals surface area contributed by atoms with Crippen LogP contribution in [0.5, 0.6) is 0 Å². The van der Waals surface area contributed by atoms with Gasteiger partial charge in [0, 0.05) is 12.1 Å². The van der Waals surface area contributed by atoms with Crippen molar-refractivity contribution in [3.05, 3.63) is 26.6 Å². The third kappa shape index (κ3) is 2.64. The first-order valence-corrected chi connectivity index (χ1v) is 5.35. The lowest BCUT2D eigenvalue weighted by Gasteiger charge is -2.11. The molecule has 1 aromatic rings.